The van der Waals surface area contributed by atoms with Crippen molar-refractivity contribution in [2.45, 2.75) is 65.7 Å². The van der Waals surface area contributed by atoms with Crippen LogP contribution in [0.15, 0.2) is 11.8 Å². The third-order valence-corrected chi connectivity index (χ3v) is 3.98. The standard InChI is InChI=1S/C16H30N2O/c1-4-6-12-18(11-5-2)16(19)17-13-14(3)15-9-7-8-10-15/h13,15H,4-12H2,1-3H3,(H,17,19)/b14-13+. The first kappa shape index (κ1) is 16.1. The molecule has 1 saturated carbocycles. The van der Waals surface area contributed by atoms with Crippen LogP contribution in [0.25, 0.3) is 0 Å². The lowest BCUT2D eigenvalue weighted by Crippen LogP contribution is -2.39. The molecule has 0 aromatic heterocycles. The number of urea groups is 1. The Morgan fingerprint density at radius 1 is 1.21 bits per heavy atom. The predicted octanol–water partition coefficient (Wildman–Crippen LogP) is 4.30. The van der Waals surface area contributed by atoms with Crippen LogP contribution in [0.5, 0.6) is 0 Å². The van der Waals surface area contributed by atoms with E-state index in [2.05, 4.69) is 26.1 Å². The Balaban J connectivity index is 2.43. The van der Waals surface area contributed by atoms with Gasteiger partial charge in [0.2, 0.25) is 0 Å². The fourth-order valence-electron chi connectivity index (χ4n) is 2.70. The van der Waals surface area contributed by atoms with E-state index in [0.717, 1.165) is 32.4 Å². The van der Waals surface area contributed by atoms with Crippen molar-refractivity contribution in [3.05, 3.63) is 11.8 Å². The molecule has 3 heteroatoms. The van der Waals surface area contributed by atoms with E-state index in [1.807, 2.05) is 11.1 Å². The summed E-state index contributed by atoms with van der Waals surface area (Å²) in [7, 11) is 0. The van der Waals surface area contributed by atoms with Crippen LogP contribution in [-0.4, -0.2) is 24.0 Å². The summed E-state index contributed by atoms with van der Waals surface area (Å²) < 4.78 is 0. The molecule has 3 nitrogen and oxygen atoms in total. The van der Waals surface area contributed by atoms with E-state index in [4.69, 9.17) is 0 Å². The zero-order chi connectivity index (χ0) is 14.1. The molecular formula is C16H30N2O. The summed E-state index contributed by atoms with van der Waals surface area (Å²) >= 11 is 0. The van der Waals surface area contributed by atoms with Crippen molar-refractivity contribution in [2.24, 2.45) is 5.92 Å². The number of amides is 2. The molecule has 0 radical (unpaired) electrons. The van der Waals surface area contributed by atoms with E-state index in [1.54, 1.807) is 0 Å². The molecule has 19 heavy (non-hydrogen) atoms. The molecule has 0 atom stereocenters. The highest BCUT2D eigenvalue weighted by Crippen LogP contribution is 2.30. The quantitative estimate of drug-likeness (QED) is 0.732. The molecule has 0 aromatic rings. The highest BCUT2D eigenvalue weighted by Gasteiger charge is 2.17. The normalized spacial score (nSPS) is 16.7. The van der Waals surface area contributed by atoms with E-state index < -0.39 is 0 Å². The van der Waals surface area contributed by atoms with Crippen molar-refractivity contribution in [1.82, 2.24) is 10.2 Å². The van der Waals surface area contributed by atoms with Gasteiger partial charge in [-0.25, -0.2) is 4.79 Å². The first-order valence-electron chi connectivity index (χ1n) is 7.91. The van der Waals surface area contributed by atoms with Gasteiger partial charge in [-0.05, 0) is 38.5 Å². The topological polar surface area (TPSA) is 32.3 Å². The number of rotatable bonds is 7. The summed E-state index contributed by atoms with van der Waals surface area (Å²) in [5.41, 5.74) is 1.33. The van der Waals surface area contributed by atoms with Crippen LogP contribution in [0, 0.1) is 5.92 Å². The lowest BCUT2D eigenvalue weighted by atomic mass is 10.0. The van der Waals surface area contributed by atoms with Gasteiger partial charge in [0.1, 0.15) is 0 Å². The zero-order valence-corrected chi connectivity index (χ0v) is 12.9. The summed E-state index contributed by atoms with van der Waals surface area (Å²) in [6, 6.07) is 0.0626. The number of allylic oxidation sites excluding steroid dienone is 1. The lowest BCUT2D eigenvalue weighted by Gasteiger charge is -2.22. The van der Waals surface area contributed by atoms with Crippen LogP contribution in [0.1, 0.15) is 65.7 Å². The summed E-state index contributed by atoms with van der Waals surface area (Å²) in [5.74, 6) is 0.690. The summed E-state index contributed by atoms with van der Waals surface area (Å²) in [6.45, 7) is 8.14. The first-order chi connectivity index (χ1) is 9.19. The van der Waals surface area contributed by atoms with Crippen LogP contribution < -0.4 is 5.32 Å². The summed E-state index contributed by atoms with van der Waals surface area (Å²) in [4.78, 5) is 14.1. The lowest BCUT2D eigenvalue weighted by molar-refractivity contribution is 0.200. The number of nitrogens with one attached hydrogen (secondary N) is 1. The van der Waals surface area contributed by atoms with Crippen LogP contribution in [0.4, 0.5) is 4.79 Å². The number of hydrogen-bond acceptors (Lipinski definition) is 1. The van der Waals surface area contributed by atoms with Crippen molar-refractivity contribution in [3.63, 3.8) is 0 Å². The van der Waals surface area contributed by atoms with Gasteiger partial charge in [0.05, 0.1) is 0 Å². The molecule has 1 aliphatic carbocycles. The van der Waals surface area contributed by atoms with Crippen LogP contribution in [0.2, 0.25) is 0 Å². The van der Waals surface area contributed by atoms with Gasteiger partial charge >= 0.3 is 6.03 Å². The molecule has 0 saturated heterocycles. The molecule has 110 valence electrons. The number of nitrogens with zero attached hydrogens (tertiary/aromatic N) is 1. The van der Waals surface area contributed by atoms with E-state index in [9.17, 15) is 4.79 Å². The van der Waals surface area contributed by atoms with Gasteiger partial charge in [0.15, 0.2) is 0 Å². The number of carbonyl (C=O) groups excluding carboxylic acids is 1. The number of carbonyl (C=O) groups is 1. The van der Waals surface area contributed by atoms with Gasteiger partial charge in [-0.15, -0.1) is 0 Å². The molecular weight excluding hydrogens is 236 g/mol. The van der Waals surface area contributed by atoms with Crippen LogP contribution >= 0.6 is 0 Å². The van der Waals surface area contributed by atoms with Gasteiger partial charge in [-0.1, -0.05) is 38.7 Å². The van der Waals surface area contributed by atoms with Gasteiger partial charge in [-0.2, -0.15) is 0 Å². The SMILES string of the molecule is CCCCN(CCC)C(=O)N/C=C(\C)C1CCCC1. The average molecular weight is 266 g/mol. The molecule has 0 spiro atoms. The molecule has 1 N–H and O–H groups in total. The smallest absolute Gasteiger partial charge is 0.321 e. The first-order valence-corrected chi connectivity index (χ1v) is 7.91. The minimum Gasteiger partial charge on any atom is -0.325 e. The fourth-order valence-corrected chi connectivity index (χ4v) is 2.70. The van der Waals surface area contributed by atoms with E-state index >= 15 is 0 Å². The average Bonchev–Trinajstić information content (AvgIpc) is 2.94. The number of unbranched alkanes of at least 4 members (excludes halogenated alkanes) is 1. The Morgan fingerprint density at radius 2 is 1.89 bits per heavy atom. The largest absolute Gasteiger partial charge is 0.325 e. The van der Waals surface area contributed by atoms with Crippen LogP contribution in [0.3, 0.4) is 0 Å². The molecule has 1 aliphatic rings. The van der Waals surface area contributed by atoms with Gasteiger partial charge in [0, 0.05) is 19.3 Å². The van der Waals surface area contributed by atoms with Crippen molar-refractivity contribution < 1.29 is 4.79 Å². The van der Waals surface area contributed by atoms with E-state index in [0.29, 0.717) is 5.92 Å². The maximum Gasteiger partial charge on any atom is 0.321 e. The second-order valence-corrected chi connectivity index (χ2v) is 5.66. The maximum atomic E-state index is 12.1. The molecule has 0 heterocycles. The predicted molar refractivity (Wildman–Crippen MR) is 81.0 cm³/mol. The highest BCUT2D eigenvalue weighted by molar-refractivity contribution is 5.75. The van der Waals surface area contributed by atoms with E-state index in [-0.39, 0.29) is 6.03 Å². The van der Waals surface area contributed by atoms with Gasteiger partial charge < -0.3 is 10.2 Å². The molecule has 1 fully saturated rings. The fraction of sp³-hybridized carbons (Fsp3) is 0.812. The van der Waals surface area contributed by atoms with Gasteiger partial charge in [-0.3, -0.25) is 0 Å². The number of hydrogen-bond donors (Lipinski definition) is 1. The molecule has 0 bridgehead atoms. The second-order valence-electron chi connectivity index (χ2n) is 5.66. The molecule has 1 rings (SSSR count). The van der Waals surface area contributed by atoms with Crippen LogP contribution in [-0.2, 0) is 0 Å². The summed E-state index contributed by atoms with van der Waals surface area (Å²) in [6.07, 6.45) is 10.4. The highest BCUT2D eigenvalue weighted by atomic mass is 16.2. The third-order valence-electron chi connectivity index (χ3n) is 3.98. The van der Waals surface area contributed by atoms with Crippen molar-refractivity contribution in [3.8, 4) is 0 Å². The Morgan fingerprint density at radius 3 is 2.47 bits per heavy atom. The minimum absolute atomic E-state index is 0.0626. The minimum atomic E-state index is 0.0626. The Hall–Kier alpha value is -0.990. The van der Waals surface area contributed by atoms with Gasteiger partial charge in [0.25, 0.3) is 0 Å². The Kier molecular flexibility index (Phi) is 7.61. The Bertz CT molecular complexity index is 293. The third kappa shape index (κ3) is 5.66. The van der Waals surface area contributed by atoms with E-state index in [1.165, 1.54) is 31.3 Å². The zero-order valence-electron chi connectivity index (χ0n) is 12.9. The van der Waals surface area contributed by atoms with Crippen molar-refractivity contribution in [1.29, 1.82) is 0 Å². The van der Waals surface area contributed by atoms with Crippen molar-refractivity contribution in [2.75, 3.05) is 13.1 Å². The molecule has 2 amide bonds. The molecule has 0 aliphatic heterocycles. The van der Waals surface area contributed by atoms with Crippen molar-refractivity contribution >= 4 is 6.03 Å². The summed E-state index contributed by atoms with van der Waals surface area (Å²) in [5, 5.41) is 2.98. The Labute approximate surface area is 118 Å². The molecule has 0 unspecified atom stereocenters. The monoisotopic (exact) mass is 266 g/mol. The maximum absolute atomic E-state index is 12.1. The molecule has 0 aromatic carbocycles. The second kappa shape index (κ2) is 9.00.